The maximum absolute atomic E-state index is 13.4. The van der Waals surface area contributed by atoms with Crippen LogP contribution in [0.5, 0.6) is 0 Å². The molecule has 0 saturated carbocycles. The third kappa shape index (κ3) is 3.52. The summed E-state index contributed by atoms with van der Waals surface area (Å²) in [5.74, 6) is -3.54. The van der Waals surface area contributed by atoms with Crippen LogP contribution >= 0.6 is 0 Å². The molecule has 1 aliphatic heterocycles. The van der Waals surface area contributed by atoms with Gasteiger partial charge in [0.15, 0.2) is 17.5 Å². The number of ether oxygens (including phenoxy) is 1. The first kappa shape index (κ1) is 15.3. The molecule has 112 valence electrons. The first-order valence-corrected chi connectivity index (χ1v) is 7.09. The summed E-state index contributed by atoms with van der Waals surface area (Å²) >= 11 is 0. The highest BCUT2D eigenvalue weighted by Crippen LogP contribution is 2.30. The van der Waals surface area contributed by atoms with Gasteiger partial charge in [-0.3, -0.25) is 0 Å². The molecule has 0 aliphatic carbocycles. The van der Waals surface area contributed by atoms with Gasteiger partial charge in [0.1, 0.15) is 0 Å². The summed E-state index contributed by atoms with van der Waals surface area (Å²) in [6.45, 7) is 4.04. The Labute approximate surface area is 117 Å². The molecular weight excluding hydrogens is 267 g/mol. The van der Waals surface area contributed by atoms with Crippen LogP contribution in [0.2, 0.25) is 0 Å². The molecule has 2 unspecified atom stereocenters. The topological polar surface area (TPSA) is 21.3 Å². The molecule has 0 amide bonds. The molecule has 1 heterocycles. The van der Waals surface area contributed by atoms with Crippen LogP contribution in [0.3, 0.4) is 0 Å². The zero-order chi connectivity index (χ0) is 14.5. The van der Waals surface area contributed by atoms with Crippen molar-refractivity contribution in [3.8, 4) is 0 Å². The highest BCUT2D eigenvalue weighted by Gasteiger charge is 2.27. The van der Waals surface area contributed by atoms with E-state index in [9.17, 15) is 13.2 Å². The standard InChI is InChI=1S/C15H20F3NO/c1-2-5-19-15(10-4-3-6-20-9-10)11-7-12(16)14(18)13(17)8-11/h7-8,10,15,19H,2-6,9H2,1H3. The third-order valence-electron chi connectivity index (χ3n) is 3.65. The largest absolute Gasteiger partial charge is 0.381 e. The molecule has 1 saturated heterocycles. The third-order valence-corrected chi connectivity index (χ3v) is 3.65. The van der Waals surface area contributed by atoms with E-state index in [0.717, 1.165) is 44.5 Å². The highest BCUT2D eigenvalue weighted by molar-refractivity contribution is 5.23. The van der Waals surface area contributed by atoms with E-state index in [4.69, 9.17) is 4.74 Å². The lowest BCUT2D eigenvalue weighted by atomic mass is 9.88. The van der Waals surface area contributed by atoms with Crippen molar-refractivity contribution in [1.82, 2.24) is 5.32 Å². The fourth-order valence-corrected chi connectivity index (χ4v) is 2.64. The monoisotopic (exact) mass is 287 g/mol. The molecular formula is C15H20F3NO. The Bertz CT molecular complexity index is 424. The fourth-order valence-electron chi connectivity index (χ4n) is 2.64. The molecule has 0 radical (unpaired) electrons. The van der Waals surface area contributed by atoms with Gasteiger partial charge in [0, 0.05) is 18.6 Å². The smallest absolute Gasteiger partial charge is 0.194 e. The predicted octanol–water partition coefficient (Wildman–Crippen LogP) is 3.57. The Morgan fingerprint density at radius 1 is 1.30 bits per heavy atom. The minimum atomic E-state index is -1.41. The lowest BCUT2D eigenvalue weighted by Crippen LogP contribution is -2.34. The van der Waals surface area contributed by atoms with Crippen LogP contribution in [0.1, 0.15) is 37.8 Å². The summed E-state index contributed by atoms with van der Waals surface area (Å²) in [6.07, 6.45) is 2.78. The Hall–Kier alpha value is -1.07. The Morgan fingerprint density at radius 3 is 2.55 bits per heavy atom. The maximum atomic E-state index is 13.4. The van der Waals surface area contributed by atoms with E-state index in [2.05, 4.69) is 5.32 Å². The zero-order valence-corrected chi connectivity index (χ0v) is 11.6. The van der Waals surface area contributed by atoms with Crippen LogP contribution in [-0.2, 0) is 4.74 Å². The van der Waals surface area contributed by atoms with Crippen molar-refractivity contribution in [1.29, 1.82) is 0 Å². The van der Waals surface area contributed by atoms with Crippen molar-refractivity contribution in [3.05, 3.63) is 35.1 Å². The van der Waals surface area contributed by atoms with Gasteiger partial charge in [0.2, 0.25) is 0 Å². The fraction of sp³-hybridized carbons (Fsp3) is 0.600. The van der Waals surface area contributed by atoms with Gasteiger partial charge in [-0.15, -0.1) is 0 Å². The molecule has 2 rings (SSSR count). The molecule has 0 aromatic heterocycles. The van der Waals surface area contributed by atoms with Crippen molar-refractivity contribution in [2.45, 2.75) is 32.2 Å². The maximum Gasteiger partial charge on any atom is 0.194 e. The number of hydrogen-bond acceptors (Lipinski definition) is 2. The van der Waals surface area contributed by atoms with Gasteiger partial charge in [0.25, 0.3) is 0 Å². The van der Waals surface area contributed by atoms with Gasteiger partial charge < -0.3 is 10.1 Å². The number of benzene rings is 1. The van der Waals surface area contributed by atoms with E-state index in [1.54, 1.807) is 0 Å². The Balaban J connectivity index is 2.25. The SMILES string of the molecule is CCCNC(c1cc(F)c(F)c(F)c1)C1CCCOC1. The molecule has 2 atom stereocenters. The Morgan fingerprint density at radius 2 is 2.00 bits per heavy atom. The molecule has 5 heteroatoms. The lowest BCUT2D eigenvalue weighted by molar-refractivity contribution is 0.0389. The Kier molecular flexibility index (Phi) is 5.43. The molecule has 1 N–H and O–H groups in total. The van der Waals surface area contributed by atoms with Crippen LogP contribution in [0.15, 0.2) is 12.1 Å². The quantitative estimate of drug-likeness (QED) is 0.836. The summed E-state index contributed by atoms with van der Waals surface area (Å²) in [7, 11) is 0. The highest BCUT2D eigenvalue weighted by atomic mass is 19.2. The van der Waals surface area contributed by atoms with E-state index >= 15 is 0 Å². The molecule has 0 bridgehead atoms. The number of halogens is 3. The molecule has 0 spiro atoms. The van der Waals surface area contributed by atoms with Crippen LogP contribution < -0.4 is 5.32 Å². The van der Waals surface area contributed by atoms with E-state index < -0.39 is 17.5 Å². The van der Waals surface area contributed by atoms with Crippen molar-refractivity contribution < 1.29 is 17.9 Å². The van der Waals surface area contributed by atoms with Crippen LogP contribution in [-0.4, -0.2) is 19.8 Å². The number of nitrogens with one attached hydrogen (secondary N) is 1. The molecule has 1 aromatic rings. The summed E-state index contributed by atoms with van der Waals surface area (Å²) in [4.78, 5) is 0. The van der Waals surface area contributed by atoms with Gasteiger partial charge in [-0.25, -0.2) is 13.2 Å². The van der Waals surface area contributed by atoms with Crippen molar-refractivity contribution >= 4 is 0 Å². The van der Waals surface area contributed by atoms with Gasteiger partial charge in [-0.05, 0) is 43.5 Å². The van der Waals surface area contributed by atoms with E-state index in [1.165, 1.54) is 0 Å². The van der Waals surface area contributed by atoms with Crippen LogP contribution in [0.25, 0.3) is 0 Å². The normalized spacial score (nSPS) is 20.9. The van der Waals surface area contributed by atoms with Crippen molar-refractivity contribution in [2.24, 2.45) is 5.92 Å². The summed E-state index contributed by atoms with van der Waals surface area (Å²) in [5.41, 5.74) is 0.449. The van der Waals surface area contributed by atoms with E-state index in [0.29, 0.717) is 12.2 Å². The zero-order valence-electron chi connectivity index (χ0n) is 11.6. The summed E-state index contributed by atoms with van der Waals surface area (Å²) < 4.78 is 45.4. The van der Waals surface area contributed by atoms with Gasteiger partial charge in [-0.2, -0.15) is 0 Å². The average Bonchev–Trinajstić information content (AvgIpc) is 2.46. The molecule has 1 aromatic carbocycles. The second-order valence-electron chi connectivity index (χ2n) is 5.21. The molecule has 20 heavy (non-hydrogen) atoms. The summed E-state index contributed by atoms with van der Waals surface area (Å²) in [6, 6.07) is 1.96. The van der Waals surface area contributed by atoms with Gasteiger partial charge in [0.05, 0.1) is 6.61 Å². The average molecular weight is 287 g/mol. The first-order chi connectivity index (χ1) is 9.63. The van der Waals surface area contributed by atoms with Crippen molar-refractivity contribution in [2.75, 3.05) is 19.8 Å². The summed E-state index contributed by atoms with van der Waals surface area (Å²) in [5, 5.41) is 3.29. The molecule has 2 nitrogen and oxygen atoms in total. The number of hydrogen-bond donors (Lipinski definition) is 1. The molecule has 1 fully saturated rings. The van der Waals surface area contributed by atoms with Gasteiger partial charge in [-0.1, -0.05) is 6.92 Å². The molecule has 1 aliphatic rings. The van der Waals surface area contributed by atoms with Crippen molar-refractivity contribution in [3.63, 3.8) is 0 Å². The van der Waals surface area contributed by atoms with Crippen LogP contribution in [0.4, 0.5) is 13.2 Å². The predicted molar refractivity (Wildman–Crippen MR) is 70.9 cm³/mol. The van der Waals surface area contributed by atoms with Gasteiger partial charge >= 0.3 is 0 Å². The van der Waals surface area contributed by atoms with Crippen LogP contribution in [0, 0.1) is 23.4 Å². The minimum absolute atomic E-state index is 0.152. The van der Waals surface area contributed by atoms with E-state index in [1.807, 2.05) is 6.92 Å². The van der Waals surface area contributed by atoms with E-state index in [-0.39, 0.29) is 12.0 Å². The lowest BCUT2D eigenvalue weighted by Gasteiger charge is -2.31. The number of rotatable bonds is 5. The second kappa shape index (κ2) is 7.09. The first-order valence-electron chi connectivity index (χ1n) is 7.09. The second-order valence-corrected chi connectivity index (χ2v) is 5.21. The minimum Gasteiger partial charge on any atom is -0.381 e.